The highest BCUT2D eigenvalue weighted by Crippen LogP contribution is 2.28. The van der Waals surface area contributed by atoms with Crippen LogP contribution in [-0.4, -0.2) is 11.1 Å². The van der Waals surface area contributed by atoms with Gasteiger partial charge in [0, 0.05) is 6.42 Å². The van der Waals surface area contributed by atoms with Crippen molar-refractivity contribution in [3.05, 3.63) is 0 Å². The molecule has 0 bridgehead atoms. The van der Waals surface area contributed by atoms with E-state index in [1.165, 1.54) is 12.8 Å². The van der Waals surface area contributed by atoms with Gasteiger partial charge < -0.3 is 5.11 Å². The van der Waals surface area contributed by atoms with Crippen LogP contribution >= 0.6 is 0 Å². The van der Waals surface area contributed by atoms with Crippen molar-refractivity contribution < 1.29 is 9.90 Å². The summed E-state index contributed by atoms with van der Waals surface area (Å²) in [6.45, 7) is 6.48. The molecule has 2 atom stereocenters. The minimum Gasteiger partial charge on any atom is -0.481 e. The van der Waals surface area contributed by atoms with Gasteiger partial charge in [0.05, 0.1) is 0 Å². The molecule has 0 aliphatic heterocycles. The molecule has 2 nitrogen and oxygen atoms in total. The average Bonchev–Trinajstić information content (AvgIpc) is 2.13. The Morgan fingerprint density at radius 2 is 1.57 bits per heavy atom. The van der Waals surface area contributed by atoms with Crippen LogP contribution in [0.4, 0.5) is 0 Å². The summed E-state index contributed by atoms with van der Waals surface area (Å²) in [4.78, 5) is 10.7. The second kappa shape index (κ2) is 7.84. The molecule has 0 fully saturated rings. The summed E-state index contributed by atoms with van der Waals surface area (Å²) in [5.74, 6) is 0.358. The van der Waals surface area contributed by atoms with Crippen molar-refractivity contribution in [1.82, 2.24) is 0 Å². The third-order valence-electron chi connectivity index (χ3n) is 2.95. The molecule has 0 rings (SSSR count). The van der Waals surface area contributed by atoms with Crippen LogP contribution in [0.5, 0.6) is 0 Å². The Morgan fingerprint density at radius 1 is 1.07 bits per heavy atom. The van der Waals surface area contributed by atoms with E-state index < -0.39 is 5.97 Å². The van der Waals surface area contributed by atoms with Gasteiger partial charge in [-0.2, -0.15) is 0 Å². The lowest BCUT2D eigenvalue weighted by molar-refractivity contribution is -0.138. The molecule has 0 saturated carbocycles. The third kappa shape index (κ3) is 5.25. The van der Waals surface area contributed by atoms with Gasteiger partial charge in [0.2, 0.25) is 0 Å². The fraction of sp³-hybridized carbons (Fsp3) is 0.917. The van der Waals surface area contributed by atoms with Gasteiger partial charge in [-0.1, -0.05) is 46.5 Å². The Bertz CT molecular complexity index is 154. The smallest absolute Gasteiger partial charge is 0.303 e. The lowest BCUT2D eigenvalue weighted by Gasteiger charge is -2.24. The number of carbonyl (C=O) groups is 1. The summed E-state index contributed by atoms with van der Waals surface area (Å²) in [5, 5.41) is 8.82. The summed E-state index contributed by atoms with van der Waals surface area (Å²) < 4.78 is 0. The first-order valence-electron chi connectivity index (χ1n) is 5.87. The molecule has 84 valence electrons. The molecular weight excluding hydrogens is 176 g/mol. The standard InChI is InChI=1S/C12H24O2/c1-4-7-10(6-3)11(8-5-2)9-12(13)14/h10-11H,4-9H2,1-3H3,(H,13,14). The zero-order valence-corrected chi connectivity index (χ0v) is 9.75. The van der Waals surface area contributed by atoms with Gasteiger partial charge in [-0.05, 0) is 18.3 Å². The SMILES string of the molecule is CCCC(CC)C(CCC)CC(=O)O. The van der Waals surface area contributed by atoms with Crippen LogP contribution in [0.3, 0.4) is 0 Å². The van der Waals surface area contributed by atoms with Crippen LogP contribution in [-0.2, 0) is 4.79 Å². The van der Waals surface area contributed by atoms with E-state index in [0.29, 0.717) is 18.3 Å². The lowest BCUT2D eigenvalue weighted by atomic mass is 9.81. The minimum absolute atomic E-state index is 0.354. The van der Waals surface area contributed by atoms with Gasteiger partial charge in [-0.15, -0.1) is 0 Å². The molecule has 0 spiro atoms. The molecule has 2 unspecified atom stereocenters. The minimum atomic E-state index is -0.641. The molecule has 0 heterocycles. The lowest BCUT2D eigenvalue weighted by Crippen LogP contribution is -2.18. The predicted molar refractivity (Wildman–Crippen MR) is 59.3 cm³/mol. The van der Waals surface area contributed by atoms with Crippen molar-refractivity contribution in [3.63, 3.8) is 0 Å². The highest BCUT2D eigenvalue weighted by atomic mass is 16.4. The summed E-state index contributed by atoms with van der Waals surface area (Å²) in [5.41, 5.74) is 0. The maximum absolute atomic E-state index is 10.7. The van der Waals surface area contributed by atoms with Crippen LogP contribution in [0, 0.1) is 11.8 Å². The molecule has 0 aliphatic rings. The first-order chi connectivity index (χ1) is 6.65. The van der Waals surface area contributed by atoms with Crippen LogP contribution in [0.1, 0.15) is 59.3 Å². The molecule has 0 saturated heterocycles. The van der Waals surface area contributed by atoms with E-state index in [1.54, 1.807) is 0 Å². The fourth-order valence-electron chi connectivity index (χ4n) is 2.24. The summed E-state index contributed by atoms with van der Waals surface area (Å²) in [6.07, 6.45) is 5.97. The molecular formula is C12H24O2. The van der Waals surface area contributed by atoms with Crippen molar-refractivity contribution in [2.75, 3.05) is 0 Å². The van der Waals surface area contributed by atoms with Gasteiger partial charge in [0.25, 0.3) is 0 Å². The van der Waals surface area contributed by atoms with Crippen molar-refractivity contribution in [3.8, 4) is 0 Å². The maximum Gasteiger partial charge on any atom is 0.303 e. The summed E-state index contributed by atoms with van der Waals surface area (Å²) >= 11 is 0. The van der Waals surface area contributed by atoms with Gasteiger partial charge >= 0.3 is 5.97 Å². The zero-order valence-electron chi connectivity index (χ0n) is 9.75. The molecule has 1 N–H and O–H groups in total. The first kappa shape index (κ1) is 13.5. The topological polar surface area (TPSA) is 37.3 Å². The van der Waals surface area contributed by atoms with Crippen LogP contribution in [0.2, 0.25) is 0 Å². The number of aliphatic carboxylic acids is 1. The first-order valence-corrected chi connectivity index (χ1v) is 5.87. The summed E-state index contributed by atoms with van der Waals surface area (Å²) in [6, 6.07) is 0. The van der Waals surface area contributed by atoms with E-state index in [9.17, 15) is 4.79 Å². The monoisotopic (exact) mass is 200 g/mol. The normalized spacial score (nSPS) is 15.1. The Labute approximate surface area is 87.7 Å². The summed E-state index contributed by atoms with van der Waals surface area (Å²) in [7, 11) is 0. The van der Waals surface area contributed by atoms with Crippen LogP contribution < -0.4 is 0 Å². The molecule has 0 aliphatic carbocycles. The Morgan fingerprint density at radius 3 is 1.93 bits per heavy atom. The van der Waals surface area contributed by atoms with Crippen LogP contribution in [0.25, 0.3) is 0 Å². The Kier molecular flexibility index (Phi) is 7.54. The fourth-order valence-corrected chi connectivity index (χ4v) is 2.24. The quantitative estimate of drug-likeness (QED) is 0.648. The number of carboxylic acids is 1. The number of carboxylic acid groups (broad SMARTS) is 1. The highest BCUT2D eigenvalue weighted by Gasteiger charge is 2.20. The van der Waals surface area contributed by atoms with Gasteiger partial charge in [0.15, 0.2) is 0 Å². The number of hydrogen-bond donors (Lipinski definition) is 1. The maximum atomic E-state index is 10.7. The van der Waals surface area contributed by atoms with E-state index >= 15 is 0 Å². The van der Waals surface area contributed by atoms with Gasteiger partial charge in [-0.25, -0.2) is 0 Å². The molecule has 0 aromatic carbocycles. The molecule has 0 aromatic rings. The molecule has 0 aromatic heterocycles. The van der Waals surface area contributed by atoms with E-state index in [1.807, 2.05) is 0 Å². The van der Waals surface area contributed by atoms with E-state index in [4.69, 9.17) is 5.11 Å². The molecule has 0 amide bonds. The second-order valence-corrected chi connectivity index (χ2v) is 4.10. The van der Waals surface area contributed by atoms with Gasteiger partial charge in [-0.3, -0.25) is 4.79 Å². The predicted octanol–water partition coefficient (Wildman–Crippen LogP) is 3.70. The number of rotatable bonds is 8. The largest absolute Gasteiger partial charge is 0.481 e. The van der Waals surface area contributed by atoms with Crippen molar-refractivity contribution in [2.45, 2.75) is 59.3 Å². The van der Waals surface area contributed by atoms with E-state index in [-0.39, 0.29) is 0 Å². The van der Waals surface area contributed by atoms with Crippen molar-refractivity contribution in [1.29, 1.82) is 0 Å². The molecule has 0 radical (unpaired) electrons. The zero-order chi connectivity index (χ0) is 11.0. The second-order valence-electron chi connectivity index (χ2n) is 4.10. The van der Waals surface area contributed by atoms with Crippen molar-refractivity contribution >= 4 is 5.97 Å². The van der Waals surface area contributed by atoms with Crippen molar-refractivity contribution in [2.24, 2.45) is 11.8 Å². The average molecular weight is 200 g/mol. The van der Waals surface area contributed by atoms with Crippen LogP contribution in [0.15, 0.2) is 0 Å². The Balaban J connectivity index is 4.18. The molecule has 2 heteroatoms. The Hall–Kier alpha value is -0.530. The van der Waals surface area contributed by atoms with Gasteiger partial charge in [0.1, 0.15) is 0 Å². The van der Waals surface area contributed by atoms with E-state index in [0.717, 1.165) is 19.3 Å². The molecule has 14 heavy (non-hydrogen) atoms. The third-order valence-corrected chi connectivity index (χ3v) is 2.95. The highest BCUT2D eigenvalue weighted by molar-refractivity contribution is 5.67. The number of hydrogen-bond acceptors (Lipinski definition) is 1. The van der Waals surface area contributed by atoms with E-state index in [2.05, 4.69) is 20.8 Å².